The second-order valence-corrected chi connectivity index (χ2v) is 8.99. The van der Waals surface area contributed by atoms with Crippen molar-refractivity contribution in [3.8, 4) is 23.1 Å². The van der Waals surface area contributed by atoms with Crippen LogP contribution in [0.2, 0.25) is 0 Å². The SMILES string of the molecule is COCCOc1ccc2c(C#N)c(-c3ccc(C(=O)NC4CCC4)cc3)n(C3CCC3)c2c1. The molecule has 0 radical (unpaired) electrons. The summed E-state index contributed by atoms with van der Waals surface area (Å²) in [4.78, 5) is 12.5. The molecule has 0 saturated heterocycles. The Balaban J connectivity index is 1.53. The molecular formula is C27H29N3O3. The fraction of sp³-hybridized carbons (Fsp3) is 0.407. The number of hydrogen-bond donors (Lipinski definition) is 1. The van der Waals surface area contributed by atoms with E-state index in [0.29, 0.717) is 36.4 Å². The molecule has 2 aliphatic rings. The van der Waals surface area contributed by atoms with Crippen LogP contribution < -0.4 is 10.1 Å². The van der Waals surface area contributed by atoms with Crippen LogP contribution in [0.15, 0.2) is 42.5 Å². The summed E-state index contributed by atoms with van der Waals surface area (Å²) in [6, 6.07) is 16.7. The van der Waals surface area contributed by atoms with Gasteiger partial charge < -0.3 is 19.4 Å². The molecule has 5 rings (SSSR count). The van der Waals surface area contributed by atoms with Gasteiger partial charge in [0.1, 0.15) is 18.4 Å². The Bertz CT molecular complexity index is 1200. The van der Waals surface area contributed by atoms with E-state index in [0.717, 1.165) is 53.6 Å². The van der Waals surface area contributed by atoms with Crippen molar-refractivity contribution in [3.05, 3.63) is 53.6 Å². The molecule has 0 spiro atoms. The Kier molecular flexibility index (Phi) is 6.06. The molecule has 0 bridgehead atoms. The highest BCUT2D eigenvalue weighted by molar-refractivity contribution is 5.97. The number of nitrogens with one attached hydrogen (secondary N) is 1. The maximum Gasteiger partial charge on any atom is 0.251 e. The molecule has 1 N–H and O–H groups in total. The number of amides is 1. The number of methoxy groups -OCH3 is 1. The van der Waals surface area contributed by atoms with E-state index < -0.39 is 0 Å². The fourth-order valence-corrected chi connectivity index (χ4v) is 4.64. The van der Waals surface area contributed by atoms with E-state index in [1.54, 1.807) is 7.11 Å². The highest BCUT2D eigenvalue weighted by Crippen LogP contribution is 2.43. The van der Waals surface area contributed by atoms with E-state index in [-0.39, 0.29) is 5.91 Å². The summed E-state index contributed by atoms with van der Waals surface area (Å²) >= 11 is 0. The van der Waals surface area contributed by atoms with Gasteiger partial charge in [-0.05, 0) is 68.4 Å². The third-order valence-electron chi connectivity index (χ3n) is 6.94. The number of carbonyl (C=O) groups excluding carboxylic acids is 1. The zero-order valence-electron chi connectivity index (χ0n) is 19.0. The minimum atomic E-state index is -0.0239. The molecule has 3 aromatic rings. The third-order valence-corrected chi connectivity index (χ3v) is 6.94. The van der Waals surface area contributed by atoms with Crippen molar-refractivity contribution >= 4 is 16.8 Å². The van der Waals surface area contributed by atoms with Gasteiger partial charge in [0.2, 0.25) is 0 Å². The summed E-state index contributed by atoms with van der Waals surface area (Å²) in [5.41, 5.74) is 4.23. The topological polar surface area (TPSA) is 76.3 Å². The second kappa shape index (κ2) is 9.29. The van der Waals surface area contributed by atoms with Gasteiger partial charge in [-0.2, -0.15) is 5.26 Å². The summed E-state index contributed by atoms with van der Waals surface area (Å²) in [6.07, 6.45) is 6.69. The molecule has 0 unspecified atom stereocenters. The summed E-state index contributed by atoms with van der Waals surface area (Å²) in [5, 5.41) is 14.1. The lowest BCUT2D eigenvalue weighted by molar-refractivity contribution is 0.0917. The predicted molar refractivity (Wildman–Crippen MR) is 127 cm³/mol. The van der Waals surface area contributed by atoms with Crippen molar-refractivity contribution < 1.29 is 14.3 Å². The Morgan fingerprint density at radius 2 is 1.85 bits per heavy atom. The van der Waals surface area contributed by atoms with E-state index >= 15 is 0 Å². The lowest BCUT2D eigenvalue weighted by Gasteiger charge is -2.30. The van der Waals surface area contributed by atoms with Crippen molar-refractivity contribution in [2.75, 3.05) is 20.3 Å². The molecule has 2 fully saturated rings. The molecule has 0 aliphatic heterocycles. The molecule has 6 heteroatoms. The van der Waals surface area contributed by atoms with Crippen LogP contribution in [0.5, 0.6) is 5.75 Å². The minimum absolute atomic E-state index is 0.0239. The number of fused-ring (bicyclic) bond motifs is 1. The standard InChI is InChI=1S/C27H29N3O3/c1-32-14-15-33-22-12-13-23-24(17-28)26(30(25(23)16-22)21-6-3-7-21)18-8-10-19(11-9-18)27(31)29-20-4-2-5-20/h8-13,16,20-21H,2-7,14-15H2,1H3,(H,29,31). The first-order valence-electron chi connectivity index (χ1n) is 11.8. The van der Waals surface area contributed by atoms with Crippen LogP contribution in [-0.4, -0.2) is 36.8 Å². The second-order valence-electron chi connectivity index (χ2n) is 8.99. The van der Waals surface area contributed by atoms with E-state index in [9.17, 15) is 10.1 Å². The van der Waals surface area contributed by atoms with Crippen LogP contribution in [0.4, 0.5) is 0 Å². The molecule has 1 amide bonds. The van der Waals surface area contributed by atoms with Gasteiger partial charge in [-0.3, -0.25) is 4.79 Å². The maximum atomic E-state index is 12.5. The number of nitrogens with zero attached hydrogens (tertiary/aromatic N) is 2. The number of aromatic nitrogens is 1. The van der Waals surface area contributed by atoms with E-state index in [1.807, 2.05) is 42.5 Å². The Morgan fingerprint density at radius 3 is 2.45 bits per heavy atom. The number of ether oxygens (including phenoxy) is 2. The molecule has 1 heterocycles. The molecule has 0 atom stereocenters. The van der Waals surface area contributed by atoms with Crippen molar-refractivity contribution in [2.45, 2.75) is 50.6 Å². The number of carbonyl (C=O) groups is 1. The highest BCUT2D eigenvalue weighted by atomic mass is 16.5. The largest absolute Gasteiger partial charge is 0.491 e. The number of hydrogen-bond acceptors (Lipinski definition) is 4. The van der Waals surface area contributed by atoms with Gasteiger partial charge in [-0.15, -0.1) is 0 Å². The molecule has 6 nitrogen and oxygen atoms in total. The number of benzene rings is 2. The molecule has 33 heavy (non-hydrogen) atoms. The van der Waals surface area contributed by atoms with Crippen LogP contribution in [0.1, 0.15) is 60.5 Å². The van der Waals surface area contributed by atoms with Gasteiger partial charge >= 0.3 is 0 Å². The van der Waals surface area contributed by atoms with Crippen LogP contribution in [0.3, 0.4) is 0 Å². The fourth-order valence-electron chi connectivity index (χ4n) is 4.64. The molecule has 1 aromatic heterocycles. The number of rotatable bonds is 8. The van der Waals surface area contributed by atoms with Crippen LogP contribution in [0, 0.1) is 11.3 Å². The van der Waals surface area contributed by atoms with Gasteiger partial charge in [0, 0.05) is 36.2 Å². The molecule has 2 aliphatic carbocycles. The smallest absolute Gasteiger partial charge is 0.251 e. The Morgan fingerprint density at radius 1 is 1.09 bits per heavy atom. The van der Waals surface area contributed by atoms with Gasteiger partial charge in [-0.1, -0.05) is 12.1 Å². The lowest BCUT2D eigenvalue weighted by Crippen LogP contribution is -2.39. The quantitative estimate of drug-likeness (QED) is 0.485. The van der Waals surface area contributed by atoms with Crippen molar-refractivity contribution in [2.24, 2.45) is 0 Å². The van der Waals surface area contributed by atoms with E-state index in [4.69, 9.17) is 9.47 Å². The van der Waals surface area contributed by atoms with Crippen LogP contribution in [0.25, 0.3) is 22.2 Å². The summed E-state index contributed by atoms with van der Waals surface area (Å²) in [6.45, 7) is 1.01. The monoisotopic (exact) mass is 443 g/mol. The summed E-state index contributed by atoms with van der Waals surface area (Å²) in [7, 11) is 1.65. The summed E-state index contributed by atoms with van der Waals surface area (Å²) in [5.74, 6) is 0.751. The van der Waals surface area contributed by atoms with E-state index in [1.165, 1.54) is 12.8 Å². The average molecular weight is 444 g/mol. The normalized spacial score (nSPS) is 16.1. The lowest BCUT2D eigenvalue weighted by atomic mass is 9.92. The first kappa shape index (κ1) is 21.5. The predicted octanol–water partition coefficient (Wildman–Crippen LogP) is 5.21. The summed E-state index contributed by atoms with van der Waals surface area (Å²) < 4.78 is 13.3. The molecule has 2 saturated carbocycles. The van der Waals surface area contributed by atoms with Crippen molar-refractivity contribution in [1.82, 2.24) is 9.88 Å². The Labute approximate surface area is 194 Å². The zero-order valence-corrected chi connectivity index (χ0v) is 19.0. The van der Waals surface area contributed by atoms with Crippen LogP contribution in [-0.2, 0) is 4.74 Å². The van der Waals surface area contributed by atoms with Gasteiger partial charge in [-0.25, -0.2) is 0 Å². The molecule has 2 aromatic carbocycles. The first-order chi connectivity index (χ1) is 16.2. The third kappa shape index (κ3) is 4.09. The molecular weight excluding hydrogens is 414 g/mol. The van der Waals surface area contributed by atoms with Crippen molar-refractivity contribution in [3.63, 3.8) is 0 Å². The van der Waals surface area contributed by atoms with Gasteiger partial charge in [0.25, 0.3) is 5.91 Å². The maximum absolute atomic E-state index is 12.5. The van der Waals surface area contributed by atoms with E-state index in [2.05, 4.69) is 16.0 Å². The van der Waals surface area contributed by atoms with Gasteiger partial charge in [0.05, 0.1) is 23.4 Å². The van der Waals surface area contributed by atoms with Gasteiger partial charge in [0.15, 0.2) is 0 Å². The average Bonchev–Trinajstić information content (AvgIpc) is 3.08. The molecule has 170 valence electrons. The van der Waals surface area contributed by atoms with Crippen molar-refractivity contribution in [1.29, 1.82) is 5.26 Å². The van der Waals surface area contributed by atoms with Crippen LogP contribution >= 0.6 is 0 Å². The highest BCUT2D eigenvalue weighted by Gasteiger charge is 2.28. The minimum Gasteiger partial charge on any atom is -0.491 e. The Hall–Kier alpha value is -3.30. The zero-order chi connectivity index (χ0) is 22.8. The number of nitriles is 1. The first-order valence-corrected chi connectivity index (χ1v) is 11.8.